The fourth-order valence-electron chi connectivity index (χ4n) is 3.07. The minimum absolute atomic E-state index is 0.0348. The molecule has 3 rings (SSSR count). The van der Waals surface area contributed by atoms with Crippen LogP contribution in [0.2, 0.25) is 0 Å². The largest absolute Gasteiger partial charge is 0.357 e. The molecule has 3 heterocycles. The van der Waals surface area contributed by atoms with Crippen LogP contribution in [0, 0.1) is 0 Å². The van der Waals surface area contributed by atoms with Gasteiger partial charge in [0, 0.05) is 6.67 Å². The predicted molar refractivity (Wildman–Crippen MR) is 70.9 cm³/mol. The van der Waals surface area contributed by atoms with Crippen LogP contribution < -0.4 is 21.7 Å². The fraction of sp³-hybridized carbons (Fsp3) is 1.00. The summed E-state index contributed by atoms with van der Waals surface area (Å²) in [6.45, 7) is 1.96. The lowest BCUT2D eigenvalue weighted by molar-refractivity contribution is -0.0785. The molecule has 0 bridgehead atoms. The summed E-state index contributed by atoms with van der Waals surface area (Å²) in [6, 6.07) is 0.201. The molecule has 0 saturated carbocycles. The number of hydrogen-bond donors (Lipinski definition) is 5. The van der Waals surface area contributed by atoms with Gasteiger partial charge in [-0.2, -0.15) is 0 Å². The molecule has 6 atom stereocenters. The van der Waals surface area contributed by atoms with Gasteiger partial charge in [-0.3, -0.25) is 16.0 Å². The summed E-state index contributed by atoms with van der Waals surface area (Å²) < 4.78 is 11.0. The third-order valence-corrected chi connectivity index (χ3v) is 4.33. The van der Waals surface area contributed by atoms with Crippen LogP contribution in [0.4, 0.5) is 0 Å². The number of rotatable bonds is 4. The Kier molecular flexibility index (Phi) is 4.63. The first-order chi connectivity index (χ1) is 9.29. The Labute approximate surface area is 114 Å². The predicted octanol–water partition coefficient (Wildman–Crippen LogP) is -2.00. The van der Waals surface area contributed by atoms with Crippen LogP contribution in [0.25, 0.3) is 0 Å². The van der Waals surface area contributed by atoms with E-state index in [1.165, 1.54) is 0 Å². The maximum Gasteiger partial charge on any atom is 0.152 e. The third-order valence-electron chi connectivity index (χ3n) is 4.03. The van der Waals surface area contributed by atoms with Gasteiger partial charge in [-0.05, 0) is 12.8 Å². The Balaban J connectivity index is 1.55. The van der Waals surface area contributed by atoms with E-state index in [4.69, 9.17) is 19.9 Å². The first-order valence-electron chi connectivity index (χ1n) is 6.67. The smallest absolute Gasteiger partial charge is 0.152 e. The first kappa shape index (κ1) is 14.1. The number of nitrogens with one attached hydrogen (secondary N) is 3. The van der Waals surface area contributed by atoms with Crippen molar-refractivity contribution < 1.29 is 14.2 Å². The van der Waals surface area contributed by atoms with Gasteiger partial charge in [0.05, 0.1) is 37.8 Å². The first-order valence-corrected chi connectivity index (χ1v) is 7.53. The molecule has 110 valence electrons. The highest BCUT2D eigenvalue weighted by molar-refractivity contribution is 7.24. The van der Waals surface area contributed by atoms with Gasteiger partial charge < -0.3 is 19.9 Å². The Morgan fingerprint density at radius 1 is 1.37 bits per heavy atom. The minimum Gasteiger partial charge on any atom is -0.357 e. The van der Waals surface area contributed by atoms with Crippen LogP contribution in [-0.4, -0.2) is 60.4 Å². The molecule has 3 saturated heterocycles. The molecule has 6 N–H and O–H groups in total. The normalized spacial score (nSPS) is 44.2. The SMILES string of the molecule is NC1NCNC2C1NCN2[C@H]1CC[C@@H](COPO)O1. The van der Waals surface area contributed by atoms with Crippen molar-refractivity contribution in [1.82, 2.24) is 20.9 Å². The van der Waals surface area contributed by atoms with Crippen molar-refractivity contribution >= 4 is 9.03 Å². The van der Waals surface area contributed by atoms with Crippen LogP contribution in [0.15, 0.2) is 0 Å². The lowest BCUT2D eigenvalue weighted by Gasteiger charge is -2.38. The zero-order chi connectivity index (χ0) is 13.2. The fourth-order valence-corrected chi connectivity index (χ4v) is 3.33. The topological polar surface area (TPSA) is 104 Å². The van der Waals surface area contributed by atoms with Crippen molar-refractivity contribution in [2.24, 2.45) is 5.73 Å². The molecule has 3 fully saturated rings. The van der Waals surface area contributed by atoms with Crippen LogP contribution in [-0.2, 0) is 9.26 Å². The van der Waals surface area contributed by atoms with Gasteiger partial charge in [0.2, 0.25) is 0 Å². The molecule has 9 heteroatoms. The maximum absolute atomic E-state index is 8.69. The average Bonchev–Trinajstić information content (AvgIpc) is 3.02. The zero-order valence-corrected chi connectivity index (χ0v) is 11.7. The standard InChI is InChI=1S/C10H22N5O3P/c11-9-8-10(13-4-12-9)15(5-14-8)7-2-1-6(18-7)3-17-19-16/h6-10,12-14,16,19H,1-5,11H2/t6-,7+,8?,9?,10?/m0/s1. The number of hydrogen-bond acceptors (Lipinski definition) is 8. The molecule has 0 radical (unpaired) electrons. The molecule has 0 spiro atoms. The van der Waals surface area contributed by atoms with E-state index in [0.29, 0.717) is 13.3 Å². The maximum atomic E-state index is 8.69. The number of fused-ring (bicyclic) bond motifs is 1. The summed E-state index contributed by atoms with van der Waals surface area (Å²) in [4.78, 5) is 11.0. The molecule has 0 aliphatic carbocycles. The summed E-state index contributed by atoms with van der Waals surface area (Å²) in [5, 5.41) is 10.0. The highest BCUT2D eigenvalue weighted by Crippen LogP contribution is 2.28. The molecule has 0 aromatic heterocycles. The second kappa shape index (κ2) is 6.26. The number of nitrogens with zero attached hydrogens (tertiary/aromatic N) is 1. The van der Waals surface area contributed by atoms with Gasteiger partial charge in [-0.1, -0.05) is 0 Å². The highest BCUT2D eigenvalue weighted by atomic mass is 31.1. The molecule has 19 heavy (non-hydrogen) atoms. The van der Waals surface area contributed by atoms with E-state index < -0.39 is 9.03 Å². The minimum atomic E-state index is -0.462. The molecular weight excluding hydrogens is 269 g/mol. The van der Waals surface area contributed by atoms with Crippen molar-refractivity contribution in [2.75, 3.05) is 19.9 Å². The summed E-state index contributed by atoms with van der Waals surface area (Å²) in [7, 11) is -0.462. The summed E-state index contributed by atoms with van der Waals surface area (Å²) in [5.41, 5.74) is 6.05. The van der Waals surface area contributed by atoms with E-state index in [1.54, 1.807) is 0 Å². The molecule has 0 aromatic carbocycles. The van der Waals surface area contributed by atoms with Crippen molar-refractivity contribution in [3.05, 3.63) is 0 Å². The highest BCUT2D eigenvalue weighted by Gasteiger charge is 2.44. The Morgan fingerprint density at radius 2 is 2.26 bits per heavy atom. The number of ether oxygens (including phenoxy) is 1. The quantitative estimate of drug-likeness (QED) is 0.379. The summed E-state index contributed by atoms with van der Waals surface area (Å²) >= 11 is 0. The van der Waals surface area contributed by atoms with E-state index in [2.05, 4.69) is 20.9 Å². The van der Waals surface area contributed by atoms with Gasteiger partial charge in [0.1, 0.15) is 6.23 Å². The lowest BCUT2D eigenvalue weighted by atomic mass is 10.1. The monoisotopic (exact) mass is 291 g/mol. The Morgan fingerprint density at radius 3 is 3.11 bits per heavy atom. The molecule has 4 unspecified atom stereocenters. The van der Waals surface area contributed by atoms with Gasteiger partial charge in [-0.25, -0.2) is 4.90 Å². The molecule has 8 nitrogen and oxygen atoms in total. The van der Waals surface area contributed by atoms with Crippen molar-refractivity contribution in [1.29, 1.82) is 0 Å². The van der Waals surface area contributed by atoms with Crippen LogP contribution in [0.3, 0.4) is 0 Å². The summed E-state index contributed by atoms with van der Waals surface area (Å²) in [6.07, 6.45) is 2.30. The van der Waals surface area contributed by atoms with E-state index in [0.717, 1.165) is 19.5 Å². The van der Waals surface area contributed by atoms with Gasteiger partial charge in [-0.15, -0.1) is 0 Å². The number of nitrogens with two attached hydrogens (primary N) is 1. The molecule has 3 aliphatic heterocycles. The van der Waals surface area contributed by atoms with E-state index >= 15 is 0 Å². The van der Waals surface area contributed by atoms with Crippen LogP contribution in [0.1, 0.15) is 12.8 Å². The Hall–Kier alpha value is 0.110. The van der Waals surface area contributed by atoms with Gasteiger partial charge in [0.15, 0.2) is 9.03 Å². The van der Waals surface area contributed by atoms with Gasteiger partial charge in [0.25, 0.3) is 0 Å². The molecular formula is C10H22N5O3P. The molecule has 0 aromatic rings. The van der Waals surface area contributed by atoms with Crippen molar-refractivity contribution in [3.8, 4) is 0 Å². The second-order valence-corrected chi connectivity index (χ2v) is 5.62. The Bertz CT molecular complexity index is 313. The molecule has 3 aliphatic rings. The van der Waals surface area contributed by atoms with E-state index in [1.807, 2.05) is 0 Å². The van der Waals surface area contributed by atoms with E-state index in [9.17, 15) is 0 Å². The van der Waals surface area contributed by atoms with Crippen LogP contribution >= 0.6 is 9.03 Å². The third kappa shape index (κ3) is 2.92. The summed E-state index contributed by atoms with van der Waals surface area (Å²) in [5.74, 6) is 0. The lowest BCUT2D eigenvalue weighted by Crippen LogP contribution is -2.68. The van der Waals surface area contributed by atoms with Gasteiger partial charge >= 0.3 is 0 Å². The molecule has 0 amide bonds. The second-order valence-electron chi connectivity index (χ2n) is 5.15. The van der Waals surface area contributed by atoms with Crippen molar-refractivity contribution in [2.45, 2.75) is 43.5 Å². The van der Waals surface area contributed by atoms with E-state index in [-0.39, 0.29) is 30.7 Å². The average molecular weight is 291 g/mol. The van der Waals surface area contributed by atoms with Crippen molar-refractivity contribution in [3.63, 3.8) is 0 Å². The zero-order valence-electron chi connectivity index (χ0n) is 10.7. The van der Waals surface area contributed by atoms with Crippen LogP contribution in [0.5, 0.6) is 0 Å².